The molecule has 3 aromatic rings. The molecule has 0 radical (unpaired) electrons. The summed E-state index contributed by atoms with van der Waals surface area (Å²) in [5, 5.41) is 5.53. The van der Waals surface area contributed by atoms with Crippen LogP contribution in [0.5, 0.6) is 0 Å². The molecule has 0 spiro atoms. The Balaban J connectivity index is 1.47. The first kappa shape index (κ1) is 20.5. The standard InChI is InChI=1S/C22H22FN5O3/c1-27-12-10-24-20(27)19(14-4-5-14)26-18(29)13-28-11-2-3-17(22(28)31)21(30)25-16-8-6-15(23)7-9-16/h2-3,6-12,14,19H,4-5,13H2,1H3,(H,25,30)(H,26,29)/t19-/m0/s1. The third-order valence-electron chi connectivity index (χ3n) is 5.23. The Morgan fingerprint density at radius 1 is 1.19 bits per heavy atom. The average molecular weight is 423 g/mol. The van der Waals surface area contributed by atoms with Crippen LogP contribution in [-0.4, -0.2) is 25.9 Å². The minimum absolute atomic E-state index is 0.109. The van der Waals surface area contributed by atoms with Crippen LogP contribution in [0.15, 0.2) is 59.8 Å². The van der Waals surface area contributed by atoms with Crippen LogP contribution in [0.1, 0.15) is 35.1 Å². The van der Waals surface area contributed by atoms with E-state index in [9.17, 15) is 18.8 Å². The van der Waals surface area contributed by atoms with Crippen LogP contribution < -0.4 is 16.2 Å². The van der Waals surface area contributed by atoms with Crippen molar-refractivity contribution in [3.8, 4) is 0 Å². The van der Waals surface area contributed by atoms with E-state index >= 15 is 0 Å². The first-order valence-corrected chi connectivity index (χ1v) is 9.95. The molecule has 160 valence electrons. The number of hydrogen-bond donors (Lipinski definition) is 2. The van der Waals surface area contributed by atoms with Gasteiger partial charge in [0.15, 0.2) is 0 Å². The number of aryl methyl sites for hydroxylation is 1. The van der Waals surface area contributed by atoms with Crippen LogP contribution in [0, 0.1) is 11.7 Å². The lowest BCUT2D eigenvalue weighted by molar-refractivity contribution is -0.122. The van der Waals surface area contributed by atoms with Gasteiger partial charge in [-0.3, -0.25) is 14.4 Å². The molecule has 2 amide bonds. The van der Waals surface area contributed by atoms with Crippen LogP contribution in [0.3, 0.4) is 0 Å². The normalized spacial score (nSPS) is 14.1. The van der Waals surface area contributed by atoms with Gasteiger partial charge in [0.2, 0.25) is 5.91 Å². The van der Waals surface area contributed by atoms with Crippen molar-refractivity contribution >= 4 is 17.5 Å². The number of anilines is 1. The molecule has 2 aromatic heterocycles. The van der Waals surface area contributed by atoms with Gasteiger partial charge in [0.05, 0.1) is 6.04 Å². The molecular formula is C22H22FN5O3. The number of rotatable bonds is 7. The van der Waals surface area contributed by atoms with Crippen molar-refractivity contribution in [2.45, 2.75) is 25.4 Å². The van der Waals surface area contributed by atoms with Gasteiger partial charge in [-0.2, -0.15) is 0 Å². The first-order chi connectivity index (χ1) is 14.9. The van der Waals surface area contributed by atoms with Gasteiger partial charge < -0.3 is 19.8 Å². The van der Waals surface area contributed by atoms with Crippen LogP contribution in [-0.2, 0) is 18.4 Å². The number of aromatic nitrogens is 3. The molecule has 1 aliphatic rings. The predicted molar refractivity (Wildman–Crippen MR) is 112 cm³/mol. The number of nitrogens with zero attached hydrogens (tertiary/aromatic N) is 3. The lowest BCUT2D eigenvalue weighted by atomic mass is 10.1. The molecule has 2 heterocycles. The third-order valence-corrected chi connectivity index (χ3v) is 5.23. The summed E-state index contributed by atoms with van der Waals surface area (Å²) in [6.45, 7) is -0.218. The third kappa shape index (κ3) is 4.71. The van der Waals surface area contributed by atoms with Gasteiger partial charge in [-0.1, -0.05) is 0 Å². The van der Waals surface area contributed by atoms with E-state index in [1.165, 1.54) is 47.2 Å². The van der Waals surface area contributed by atoms with Gasteiger partial charge >= 0.3 is 0 Å². The average Bonchev–Trinajstić information content (AvgIpc) is 3.50. The summed E-state index contributed by atoms with van der Waals surface area (Å²) < 4.78 is 16.1. The minimum Gasteiger partial charge on any atom is -0.344 e. The summed E-state index contributed by atoms with van der Waals surface area (Å²) in [5.41, 5.74) is -0.332. The Morgan fingerprint density at radius 2 is 1.94 bits per heavy atom. The fourth-order valence-corrected chi connectivity index (χ4v) is 3.44. The Bertz CT molecular complexity index is 1160. The fourth-order valence-electron chi connectivity index (χ4n) is 3.44. The Kier molecular flexibility index (Phi) is 5.66. The SMILES string of the molecule is Cn1ccnc1[C@@H](NC(=O)Cn1cccc(C(=O)Nc2ccc(F)cc2)c1=O)C1CC1. The van der Waals surface area contributed by atoms with Gasteiger partial charge in [-0.25, -0.2) is 9.37 Å². The summed E-state index contributed by atoms with van der Waals surface area (Å²) in [7, 11) is 1.87. The van der Waals surface area contributed by atoms with Crippen LogP contribution >= 0.6 is 0 Å². The molecule has 2 N–H and O–H groups in total. The molecule has 31 heavy (non-hydrogen) atoms. The maximum atomic E-state index is 13.0. The fraction of sp³-hybridized carbons (Fsp3) is 0.273. The minimum atomic E-state index is -0.629. The molecule has 4 rings (SSSR count). The van der Waals surface area contributed by atoms with Gasteiger partial charge in [0.1, 0.15) is 23.7 Å². The number of halogens is 1. The van der Waals surface area contributed by atoms with Crippen molar-refractivity contribution in [1.82, 2.24) is 19.4 Å². The predicted octanol–water partition coefficient (Wildman–Crippen LogP) is 2.24. The number of carbonyl (C=O) groups is 2. The number of imidazole rings is 1. The summed E-state index contributed by atoms with van der Waals surface area (Å²) in [6.07, 6.45) is 6.99. The summed E-state index contributed by atoms with van der Waals surface area (Å²) in [4.78, 5) is 42.3. The highest BCUT2D eigenvalue weighted by atomic mass is 19.1. The molecule has 0 saturated heterocycles. The highest BCUT2D eigenvalue weighted by molar-refractivity contribution is 6.04. The number of amides is 2. The zero-order chi connectivity index (χ0) is 22.0. The topological polar surface area (TPSA) is 98.0 Å². The molecule has 1 saturated carbocycles. The molecule has 8 nitrogen and oxygen atoms in total. The molecule has 9 heteroatoms. The second kappa shape index (κ2) is 8.55. The van der Waals surface area contributed by atoms with E-state index in [0.29, 0.717) is 11.6 Å². The Hall–Kier alpha value is -3.75. The zero-order valence-electron chi connectivity index (χ0n) is 16.9. The van der Waals surface area contributed by atoms with Gasteiger partial charge in [-0.05, 0) is 55.2 Å². The van der Waals surface area contributed by atoms with Crippen molar-refractivity contribution in [3.05, 3.63) is 82.5 Å². The molecule has 0 unspecified atom stereocenters. The summed E-state index contributed by atoms with van der Waals surface area (Å²) in [6, 6.07) is 7.92. The molecule has 0 aliphatic heterocycles. The van der Waals surface area contributed by atoms with E-state index in [1.807, 2.05) is 17.8 Å². The van der Waals surface area contributed by atoms with Gasteiger partial charge in [0, 0.05) is 31.3 Å². The van der Waals surface area contributed by atoms with Gasteiger partial charge in [0.25, 0.3) is 11.5 Å². The van der Waals surface area contributed by atoms with E-state index < -0.39 is 17.3 Å². The van der Waals surface area contributed by atoms with Crippen LogP contribution in [0.25, 0.3) is 0 Å². The first-order valence-electron chi connectivity index (χ1n) is 9.95. The maximum absolute atomic E-state index is 13.0. The summed E-state index contributed by atoms with van der Waals surface area (Å²) >= 11 is 0. The Morgan fingerprint density at radius 3 is 2.58 bits per heavy atom. The molecular weight excluding hydrogens is 401 g/mol. The van der Waals surface area contributed by atoms with Crippen molar-refractivity contribution in [2.75, 3.05) is 5.32 Å². The highest BCUT2D eigenvalue weighted by Crippen LogP contribution is 2.40. The number of nitrogens with one attached hydrogen (secondary N) is 2. The van der Waals surface area contributed by atoms with Crippen LogP contribution in [0.4, 0.5) is 10.1 Å². The van der Waals surface area contributed by atoms with E-state index in [4.69, 9.17) is 0 Å². The summed E-state index contributed by atoms with van der Waals surface area (Å²) in [5.74, 6) is -0.292. The monoisotopic (exact) mass is 423 g/mol. The lowest BCUT2D eigenvalue weighted by Gasteiger charge is -2.18. The maximum Gasteiger partial charge on any atom is 0.263 e. The van der Waals surface area contributed by atoms with E-state index in [2.05, 4.69) is 15.6 Å². The molecule has 1 fully saturated rings. The van der Waals surface area contributed by atoms with Crippen molar-refractivity contribution in [3.63, 3.8) is 0 Å². The van der Waals surface area contributed by atoms with Crippen molar-refractivity contribution in [2.24, 2.45) is 13.0 Å². The van der Waals surface area contributed by atoms with Crippen molar-refractivity contribution < 1.29 is 14.0 Å². The zero-order valence-corrected chi connectivity index (χ0v) is 16.9. The molecule has 1 atom stereocenters. The molecule has 1 aromatic carbocycles. The number of benzene rings is 1. The van der Waals surface area contributed by atoms with Gasteiger partial charge in [-0.15, -0.1) is 0 Å². The molecule has 1 aliphatic carbocycles. The van der Waals surface area contributed by atoms with E-state index in [0.717, 1.165) is 18.7 Å². The lowest BCUT2D eigenvalue weighted by Crippen LogP contribution is -2.37. The largest absolute Gasteiger partial charge is 0.344 e. The smallest absolute Gasteiger partial charge is 0.263 e. The van der Waals surface area contributed by atoms with E-state index in [1.54, 1.807) is 6.20 Å². The number of hydrogen-bond acceptors (Lipinski definition) is 4. The highest BCUT2D eigenvalue weighted by Gasteiger charge is 2.35. The molecule has 0 bridgehead atoms. The second-order valence-corrected chi connectivity index (χ2v) is 7.59. The second-order valence-electron chi connectivity index (χ2n) is 7.59. The Labute approximate surface area is 177 Å². The van der Waals surface area contributed by atoms with Crippen LogP contribution in [0.2, 0.25) is 0 Å². The number of carbonyl (C=O) groups excluding carboxylic acids is 2. The van der Waals surface area contributed by atoms with E-state index in [-0.39, 0.29) is 24.1 Å². The van der Waals surface area contributed by atoms with Crippen molar-refractivity contribution in [1.29, 1.82) is 0 Å². The number of pyridine rings is 1. The quantitative estimate of drug-likeness (QED) is 0.609.